The highest BCUT2D eigenvalue weighted by atomic mass is 79.9. The van der Waals surface area contributed by atoms with Crippen LogP contribution in [0.5, 0.6) is 17.2 Å². The Morgan fingerprint density at radius 2 is 1.84 bits per heavy atom. The molecule has 1 aromatic carbocycles. The summed E-state index contributed by atoms with van der Waals surface area (Å²) >= 11 is 3.45. The van der Waals surface area contributed by atoms with Crippen LogP contribution < -0.4 is 9.47 Å². The lowest BCUT2D eigenvalue weighted by molar-refractivity contribution is 0.0255. The van der Waals surface area contributed by atoms with E-state index in [-0.39, 0.29) is 11.1 Å². The number of halogens is 1. The molecule has 0 atom stereocenters. The van der Waals surface area contributed by atoms with Crippen molar-refractivity contribution in [2.45, 2.75) is 24.0 Å². The van der Waals surface area contributed by atoms with Crippen molar-refractivity contribution >= 4 is 25.8 Å². The zero-order valence-corrected chi connectivity index (χ0v) is 16.0. The third kappa shape index (κ3) is 5.17. The molecule has 0 bridgehead atoms. The number of hydrogen-bond donors (Lipinski definition) is 0. The number of ether oxygens (including phenoxy) is 3. The van der Waals surface area contributed by atoms with Crippen LogP contribution in [-0.2, 0) is 14.6 Å². The van der Waals surface area contributed by atoms with Gasteiger partial charge in [0, 0.05) is 29.6 Å². The highest BCUT2D eigenvalue weighted by Gasteiger charge is 2.16. The molecule has 2 aromatic rings. The van der Waals surface area contributed by atoms with E-state index in [0.717, 1.165) is 23.6 Å². The van der Waals surface area contributed by atoms with Gasteiger partial charge in [-0.05, 0) is 24.3 Å². The number of nitrogens with zero attached hydrogens (tertiary/aromatic N) is 1. The Hall–Kier alpha value is -1.64. The molecular formula is C17H18BrNO5S. The summed E-state index contributed by atoms with van der Waals surface area (Å²) in [4.78, 5) is 3.91. The Kier molecular flexibility index (Phi) is 5.61. The summed E-state index contributed by atoms with van der Waals surface area (Å²) in [6.45, 7) is 1.42. The summed E-state index contributed by atoms with van der Waals surface area (Å²) in [5.41, 5.74) is 0. The Morgan fingerprint density at radius 1 is 1.12 bits per heavy atom. The van der Waals surface area contributed by atoms with Crippen LogP contribution in [0, 0.1) is 0 Å². The van der Waals surface area contributed by atoms with Crippen molar-refractivity contribution in [2.24, 2.45) is 0 Å². The maximum absolute atomic E-state index is 11.4. The van der Waals surface area contributed by atoms with Gasteiger partial charge >= 0.3 is 0 Å². The predicted octanol–water partition coefficient (Wildman–Crippen LogP) is 3.60. The van der Waals surface area contributed by atoms with Gasteiger partial charge in [0.15, 0.2) is 14.9 Å². The van der Waals surface area contributed by atoms with E-state index in [1.54, 1.807) is 18.2 Å². The molecule has 2 heterocycles. The molecule has 134 valence electrons. The van der Waals surface area contributed by atoms with Crippen molar-refractivity contribution in [1.82, 2.24) is 4.98 Å². The maximum Gasteiger partial charge on any atom is 0.192 e. The molecule has 1 aliphatic heterocycles. The van der Waals surface area contributed by atoms with Crippen LogP contribution in [-0.4, -0.2) is 39.0 Å². The first-order valence-corrected chi connectivity index (χ1v) is 10.5. The molecular weight excluding hydrogens is 410 g/mol. The highest BCUT2D eigenvalue weighted by Crippen LogP contribution is 2.31. The van der Waals surface area contributed by atoms with E-state index >= 15 is 0 Å². The molecule has 8 heteroatoms. The smallest absolute Gasteiger partial charge is 0.192 e. The van der Waals surface area contributed by atoms with Crippen molar-refractivity contribution < 1.29 is 22.6 Å². The summed E-state index contributed by atoms with van der Waals surface area (Å²) in [6.07, 6.45) is 4.35. The third-order valence-electron chi connectivity index (χ3n) is 3.64. The molecule has 6 nitrogen and oxygen atoms in total. The summed E-state index contributed by atoms with van der Waals surface area (Å²) < 4.78 is 40.8. The van der Waals surface area contributed by atoms with Crippen molar-refractivity contribution in [2.75, 3.05) is 19.5 Å². The van der Waals surface area contributed by atoms with Gasteiger partial charge in [-0.2, -0.15) is 0 Å². The normalized spacial score (nSPS) is 15.8. The molecule has 0 radical (unpaired) electrons. The fourth-order valence-corrected chi connectivity index (χ4v) is 3.44. The lowest BCUT2D eigenvalue weighted by Crippen LogP contribution is -2.25. The number of pyridine rings is 1. The molecule has 0 aliphatic carbocycles. The molecule has 1 saturated heterocycles. The van der Waals surface area contributed by atoms with Gasteiger partial charge in [0.25, 0.3) is 0 Å². The van der Waals surface area contributed by atoms with Crippen LogP contribution in [0.25, 0.3) is 0 Å². The number of rotatable bonds is 5. The van der Waals surface area contributed by atoms with Crippen molar-refractivity contribution in [1.29, 1.82) is 0 Å². The van der Waals surface area contributed by atoms with Crippen LogP contribution in [0.3, 0.4) is 0 Å². The average Bonchev–Trinajstić information content (AvgIpc) is 2.55. The van der Waals surface area contributed by atoms with Crippen LogP contribution in [0.1, 0.15) is 12.8 Å². The van der Waals surface area contributed by atoms with Gasteiger partial charge in [0.2, 0.25) is 0 Å². The second-order valence-electron chi connectivity index (χ2n) is 5.76. The highest BCUT2D eigenvalue weighted by molar-refractivity contribution is 9.10. The molecule has 1 fully saturated rings. The molecule has 0 unspecified atom stereocenters. The number of sulfone groups is 1. The van der Waals surface area contributed by atoms with Crippen LogP contribution in [0.4, 0.5) is 0 Å². The van der Waals surface area contributed by atoms with Crippen molar-refractivity contribution in [3.05, 3.63) is 41.0 Å². The van der Waals surface area contributed by atoms with E-state index < -0.39 is 9.84 Å². The fraction of sp³-hybridized carbons (Fsp3) is 0.353. The molecule has 1 aromatic heterocycles. The number of aromatic nitrogens is 1. The van der Waals surface area contributed by atoms with Gasteiger partial charge in [-0.1, -0.05) is 15.9 Å². The van der Waals surface area contributed by atoms with Crippen LogP contribution in [0.15, 0.2) is 46.0 Å². The van der Waals surface area contributed by atoms with Crippen molar-refractivity contribution in [3.8, 4) is 17.2 Å². The molecule has 0 saturated carbocycles. The average molecular weight is 428 g/mol. The fourth-order valence-electron chi connectivity index (χ4n) is 2.43. The van der Waals surface area contributed by atoms with Gasteiger partial charge in [-0.3, -0.25) is 0 Å². The number of hydrogen-bond acceptors (Lipinski definition) is 6. The van der Waals surface area contributed by atoms with E-state index in [0.29, 0.717) is 30.5 Å². The molecule has 0 N–H and O–H groups in total. The Balaban J connectivity index is 1.73. The topological polar surface area (TPSA) is 74.7 Å². The lowest BCUT2D eigenvalue weighted by Gasteiger charge is -2.23. The van der Waals surface area contributed by atoms with Crippen LogP contribution >= 0.6 is 15.9 Å². The summed E-state index contributed by atoms with van der Waals surface area (Å²) in [5, 5.41) is 0.0117. The van der Waals surface area contributed by atoms with Crippen molar-refractivity contribution in [3.63, 3.8) is 0 Å². The minimum absolute atomic E-state index is 0.0117. The summed E-state index contributed by atoms with van der Waals surface area (Å²) in [5.74, 6) is 1.73. The van der Waals surface area contributed by atoms with E-state index in [4.69, 9.17) is 14.2 Å². The Bertz CT molecular complexity index is 833. The van der Waals surface area contributed by atoms with Gasteiger partial charge in [-0.15, -0.1) is 0 Å². The lowest BCUT2D eigenvalue weighted by atomic mass is 10.1. The Morgan fingerprint density at radius 3 is 2.48 bits per heavy atom. The second-order valence-corrected chi connectivity index (χ2v) is 8.64. The van der Waals surface area contributed by atoms with E-state index in [1.165, 1.54) is 12.3 Å². The van der Waals surface area contributed by atoms with Gasteiger partial charge < -0.3 is 14.2 Å². The van der Waals surface area contributed by atoms with E-state index in [2.05, 4.69) is 20.9 Å². The molecule has 1 aliphatic rings. The maximum atomic E-state index is 11.4. The first-order valence-electron chi connectivity index (χ1n) is 7.79. The van der Waals surface area contributed by atoms with Gasteiger partial charge in [0.05, 0.1) is 19.4 Å². The standard InChI is InChI=1S/C17H18BrNO5S/c1-25(20,21)17-3-2-14(11-19-17)24-16-9-12(18)8-15(10-16)23-13-4-6-22-7-5-13/h2-3,8-11,13H,4-7H2,1H3. The second kappa shape index (κ2) is 7.72. The largest absolute Gasteiger partial charge is 0.490 e. The summed E-state index contributed by atoms with van der Waals surface area (Å²) in [6, 6.07) is 8.48. The minimum atomic E-state index is -3.33. The molecule has 25 heavy (non-hydrogen) atoms. The summed E-state index contributed by atoms with van der Waals surface area (Å²) in [7, 11) is -3.33. The first kappa shape index (κ1) is 18.2. The zero-order valence-electron chi connectivity index (χ0n) is 13.6. The predicted molar refractivity (Wildman–Crippen MR) is 96.0 cm³/mol. The Labute approximate surface area is 155 Å². The van der Waals surface area contributed by atoms with E-state index in [9.17, 15) is 8.42 Å². The van der Waals surface area contributed by atoms with Gasteiger partial charge in [0.1, 0.15) is 23.4 Å². The number of benzene rings is 1. The molecule has 0 spiro atoms. The van der Waals surface area contributed by atoms with E-state index in [1.807, 2.05) is 6.07 Å². The molecule has 3 rings (SSSR count). The molecule has 0 amide bonds. The SMILES string of the molecule is CS(=O)(=O)c1ccc(Oc2cc(Br)cc(OC3CCOCC3)c2)cn1. The quantitative estimate of drug-likeness (QED) is 0.725. The van der Waals surface area contributed by atoms with Gasteiger partial charge in [-0.25, -0.2) is 13.4 Å². The third-order valence-corrected chi connectivity index (χ3v) is 5.10. The van der Waals surface area contributed by atoms with Crippen LogP contribution in [0.2, 0.25) is 0 Å². The monoisotopic (exact) mass is 427 g/mol. The minimum Gasteiger partial charge on any atom is -0.490 e. The zero-order chi connectivity index (χ0) is 17.9. The first-order chi connectivity index (χ1) is 11.9.